The van der Waals surface area contributed by atoms with Crippen LogP contribution in [0, 0.1) is 5.92 Å². The molecule has 0 aromatic carbocycles. The molecule has 1 heterocycles. The van der Waals surface area contributed by atoms with Crippen LogP contribution in [-0.4, -0.2) is 48.1 Å². The Morgan fingerprint density at radius 3 is 2.53 bits per heavy atom. The molecule has 1 aliphatic heterocycles. The summed E-state index contributed by atoms with van der Waals surface area (Å²) < 4.78 is 0. The molecule has 1 saturated heterocycles. The normalized spacial score (nSPS) is 18.4. The van der Waals surface area contributed by atoms with E-state index in [9.17, 15) is 9.59 Å². The van der Waals surface area contributed by atoms with E-state index in [1.54, 1.807) is 0 Å². The molecule has 0 spiro atoms. The fraction of sp³-hybridized carbons (Fsp3) is 0.667. The van der Waals surface area contributed by atoms with Crippen molar-refractivity contribution in [1.29, 1.82) is 0 Å². The van der Waals surface area contributed by atoms with Crippen LogP contribution in [0.1, 0.15) is 19.8 Å². The van der Waals surface area contributed by atoms with Gasteiger partial charge in [0.2, 0.25) is 5.91 Å². The zero-order valence-electron chi connectivity index (χ0n) is 10.2. The number of piperidine rings is 1. The van der Waals surface area contributed by atoms with Gasteiger partial charge in [-0.05, 0) is 38.4 Å². The number of carbonyl (C=O) groups is 2. The first-order valence-corrected chi connectivity index (χ1v) is 6.03. The van der Waals surface area contributed by atoms with Crippen molar-refractivity contribution in [2.75, 3.05) is 26.2 Å². The van der Waals surface area contributed by atoms with Gasteiger partial charge < -0.3 is 15.3 Å². The van der Waals surface area contributed by atoms with E-state index in [0.29, 0.717) is 12.5 Å². The summed E-state index contributed by atoms with van der Waals surface area (Å²) in [6.07, 6.45) is 4.10. The molecule has 96 valence electrons. The van der Waals surface area contributed by atoms with Gasteiger partial charge in [0.25, 0.3) is 0 Å². The van der Waals surface area contributed by atoms with Gasteiger partial charge in [0.1, 0.15) is 0 Å². The lowest BCUT2D eigenvalue weighted by atomic mass is 9.97. The minimum atomic E-state index is -1.10. The summed E-state index contributed by atoms with van der Waals surface area (Å²) in [6.45, 7) is 6.05. The van der Waals surface area contributed by atoms with E-state index in [-0.39, 0.29) is 5.91 Å². The molecular formula is C12H20N2O3. The number of nitrogens with one attached hydrogen (secondary N) is 1. The summed E-state index contributed by atoms with van der Waals surface area (Å²) in [6, 6.07) is 0. The topological polar surface area (TPSA) is 69.6 Å². The van der Waals surface area contributed by atoms with Gasteiger partial charge in [-0.25, -0.2) is 4.79 Å². The van der Waals surface area contributed by atoms with Gasteiger partial charge in [-0.3, -0.25) is 4.79 Å². The van der Waals surface area contributed by atoms with Gasteiger partial charge >= 0.3 is 5.97 Å². The molecule has 1 amide bonds. The molecule has 1 aliphatic rings. The van der Waals surface area contributed by atoms with Gasteiger partial charge in [0, 0.05) is 18.7 Å². The van der Waals surface area contributed by atoms with Crippen LogP contribution in [-0.2, 0) is 9.59 Å². The Kier molecular flexibility index (Phi) is 5.69. The van der Waals surface area contributed by atoms with E-state index in [1.165, 1.54) is 0 Å². The maximum Gasteiger partial charge on any atom is 0.328 e. The summed E-state index contributed by atoms with van der Waals surface area (Å²) in [7, 11) is 0. The number of nitrogens with zero attached hydrogens (tertiary/aromatic N) is 1. The van der Waals surface area contributed by atoms with E-state index in [1.807, 2.05) is 0 Å². The minimum absolute atomic E-state index is 0.328. The molecule has 2 N–H and O–H groups in total. The molecule has 0 saturated carbocycles. The average Bonchev–Trinajstić information content (AvgIpc) is 2.34. The highest BCUT2D eigenvalue weighted by Crippen LogP contribution is 2.15. The molecule has 0 aromatic heterocycles. The third-order valence-corrected chi connectivity index (χ3v) is 3.10. The highest BCUT2D eigenvalue weighted by Gasteiger charge is 2.17. The molecular weight excluding hydrogens is 220 g/mol. The predicted octanol–water partition coefficient (Wildman–Crippen LogP) is 0.475. The third kappa shape index (κ3) is 5.49. The van der Waals surface area contributed by atoms with Gasteiger partial charge in [-0.15, -0.1) is 0 Å². The zero-order valence-corrected chi connectivity index (χ0v) is 10.2. The van der Waals surface area contributed by atoms with E-state index in [2.05, 4.69) is 17.1 Å². The maximum atomic E-state index is 11.2. The smallest absolute Gasteiger partial charge is 0.328 e. The molecule has 0 unspecified atom stereocenters. The summed E-state index contributed by atoms with van der Waals surface area (Å²) in [5, 5.41) is 11.1. The van der Waals surface area contributed by atoms with E-state index in [0.717, 1.165) is 44.6 Å². The Hall–Kier alpha value is -1.36. The van der Waals surface area contributed by atoms with Crippen LogP contribution in [0.3, 0.4) is 0 Å². The van der Waals surface area contributed by atoms with Crippen LogP contribution in [0.15, 0.2) is 12.2 Å². The van der Waals surface area contributed by atoms with Crippen LogP contribution in [0.25, 0.3) is 0 Å². The number of hydrogen-bond acceptors (Lipinski definition) is 3. The Balaban J connectivity index is 2.19. The van der Waals surface area contributed by atoms with E-state index >= 15 is 0 Å². The van der Waals surface area contributed by atoms with Crippen molar-refractivity contribution in [2.45, 2.75) is 19.8 Å². The number of likely N-dealkylation sites (tertiary alicyclic amines) is 1. The zero-order chi connectivity index (χ0) is 12.7. The number of aliphatic carboxylic acids is 1. The summed E-state index contributed by atoms with van der Waals surface area (Å²) in [5.74, 6) is -0.915. The largest absolute Gasteiger partial charge is 0.478 e. The summed E-state index contributed by atoms with van der Waals surface area (Å²) in [5.41, 5.74) is 0. The Morgan fingerprint density at radius 1 is 1.35 bits per heavy atom. The first-order valence-electron chi connectivity index (χ1n) is 6.03. The van der Waals surface area contributed by atoms with E-state index < -0.39 is 5.97 Å². The number of hydrogen-bond donors (Lipinski definition) is 2. The van der Waals surface area contributed by atoms with Crippen molar-refractivity contribution < 1.29 is 14.7 Å². The Bertz CT molecular complexity index is 294. The molecule has 0 radical (unpaired) electrons. The fourth-order valence-corrected chi connectivity index (χ4v) is 1.96. The molecule has 1 fully saturated rings. The van der Waals surface area contributed by atoms with Crippen LogP contribution in [0.4, 0.5) is 0 Å². The lowest BCUT2D eigenvalue weighted by Gasteiger charge is -2.30. The van der Waals surface area contributed by atoms with Crippen LogP contribution >= 0.6 is 0 Å². The average molecular weight is 240 g/mol. The second kappa shape index (κ2) is 7.06. The van der Waals surface area contributed by atoms with Crippen LogP contribution < -0.4 is 5.32 Å². The second-order valence-corrected chi connectivity index (χ2v) is 4.29. The van der Waals surface area contributed by atoms with Gasteiger partial charge in [0.15, 0.2) is 0 Å². The fourth-order valence-electron chi connectivity index (χ4n) is 1.96. The molecule has 5 heteroatoms. The Morgan fingerprint density at radius 2 is 2.00 bits per heavy atom. The van der Waals surface area contributed by atoms with Gasteiger partial charge in [-0.2, -0.15) is 0 Å². The molecule has 1 rings (SSSR count). The van der Waals surface area contributed by atoms with Crippen molar-refractivity contribution in [2.24, 2.45) is 5.92 Å². The standard InChI is InChI=1S/C12H20N2O3/c1-2-14-7-5-10(6-8-14)9-13-11(15)3-4-12(16)17/h3-4,10H,2,5-9H2,1H3,(H,13,15)(H,16,17). The SMILES string of the molecule is CCN1CCC(CNC(=O)C=CC(=O)O)CC1. The molecule has 0 atom stereocenters. The number of carbonyl (C=O) groups excluding carboxylic acids is 1. The van der Waals surface area contributed by atoms with Crippen molar-refractivity contribution in [1.82, 2.24) is 10.2 Å². The number of rotatable bonds is 5. The molecule has 17 heavy (non-hydrogen) atoms. The van der Waals surface area contributed by atoms with Gasteiger partial charge in [-0.1, -0.05) is 6.92 Å². The second-order valence-electron chi connectivity index (χ2n) is 4.29. The quantitative estimate of drug-likeness (QED) is 0.686. The monoisotopic (exact) mass is 240 g/mol. The number of carboxylic acid groups (broad SMARTS) is 1. The number of amides is 1. The summed E-state index contributed by atoms with van der Waals surface area (Å²) >= 11 is 0. The maximum absolute atomic E-state index is 11.2. The number of carboxylic acids is 1. The molecule has 0 aliphatic carbocycles. The van der Waals surface area contributed by atoms with Crippen molar-refractivity contribution in [3.05, 3.63) is 12.2 Å². The van der Waals surface area contributed by atoms with Crippen molar-refractivity contribution in [3.8, 4) is 0 Å². The molecule has 0 bridgehead atoms. The summed E-state index contributed by atoms with van der Waals surface area (Å²) in [4.78, 5) is 23.8. The lowest BCUT2D eigenvalue weighted by molar-refractivity contribution is -0.131. The van der Waals surface area contributed by atoms with Crippen molar-refractivity contribution >= 4 is 11.9 Å². The van der Waals surface area contributed by atoms with Gasteiger partial charge in [0.05, 0.1) is 0 Å². The third-order valence-electron chi connectivity index (χ3n) is 3.10. The highest BCUT2D eigenvalue weighted by atomic mass is 16.4. The highest BCUT2D eigenvalue weighted by molar-refractivity contribution is 5.93. The van der Waals surface area contributed by atoms with Crippen LogP contribution in [0.5, 0.6) is 0 Å². The first-order chi connectivity index (χ1) is 8.11. The molecule has 5 nitrogen and oxygen atoms in total. The molecule has 0 aromatic rings. The first kappa shape index (κ1) is 13.7. The van der Waals surface area contributed by atoms with Crippen molar-refractivity contribution in [3.63, 3.8) is 0 Å². The van der Waals surface area contributed by atoms with E-state index in [4.69, 9.17) is 5.11 Å². The van der Waals surface area contributed by atoms with Crippen LogP contribution in [0.2, 0.25) is 0 Å². The Labute approximate surface area is 101 Å². The predicted molar refractivity (Wildman–Crippen MR) is 64.6 cm³/mol. The lowest BCUT2D eigenvalue weighted by Crippen LogP contribution is -2.38. The minimum Gasteiger partial charge on any atom is -0.478 e.